The first-order valence-corrected chi connectivity index (χ1v) is 8.54. The molecule has 0 saturated carbocycles. The summed E-state index contributed by atoms with van der Waals surface area (Å²) in [5.74, 6) is -0.579. The van der Waals surface area contributed by atoms with Crippen molar-refractivity contribution in [3.05, 3.63) is 46.5 Å². The molecule has 1 aliphatic heterocycles. The molecular weight excluding hydrogens is 455 g/mol. The van der Waals surface area contributed by atoms with Crippen LogP contribution in [0, 0.1) is 5.92 Å². The van der Waals surface area contributed by atoms with E-state index in [1.165, 1.54) is 6.92 Å². The van der Waals surface area contributed by atoms with Crippen LogP contribution in [-0.4, -0.2) is 28.7 Å². The fraction of sp³-hybridized carbons (Fsp3) is 0.438. The van der Waals surface area contributed by atoms with E-state index >= 15 is 0 Å². The van der Waals surface area contributed by atoms with Crippen molar-refractivity contribution in [2.45, 2.75) is 36.3 Å². The molecule has 2 rings (SSSR count). The van der Waals surface area contributed by atoms with Crippen LogP contribution in [0.4, 0.5) is 30.7 Å². The Hall–Kier alpha value is -1.09. The monoisotopic (exact) mass is 465 g/mol. The molecule has 26 heavy (non-hydrogen) atoms. The fourth-order valence-electron chi connectivity index (χ4n) is 2.60. The van der Waals surface area contributed by atoms with Crippen molar-refractivity contribution in [1.82, 2.24) is 0 Å². The summed E-state index contributed by atoms with van der Waals surface area (Å²) in [6, 6.07) is 6.67. The van der Waals surface area contributed by atoms with Gasteiger partial charge >= 0.3 is 18.0 Å². The topological polar surface area (TPSA) is 12.4 Å². The van der Waals surface area contributed by atoms with Crippen molar-refractivity contribution in [3.8, 4) is 0 Å². The lowest BCUT2D eigenvalue weighted by atomic mass is 9.86. The molecule has 1 heterocycles. The highest BCUT2D eigenvalue weighted by molar-refractivity contribution is 9.09. The first-order chi connectivity index (χ1) is 11.8. The molecule has 10 heteroatoms. The van der Waals surface area contributed by atoms with Gasteiger partial charge in [0, 0.05) is 10.9 Å². The van der Waals surface area contributed by atoms with Gasteiger partial charge < -0.3 is 0 Å². The quantitative estimate of drug-likeness (QED) is 0.276. The maximum atomic E-state index is 14.2. The predicted molar refractivity (Wildman–Crippen MR) is 88.5 cm³/mol. The number of hydrogen-bond acceptors (Lipinski definition) is 1. The number of hydrogen-bond donors (Lipinski definition) is 0. The lowest BCUT2D eigenvalue weighted by Gasteiger charge is -2.34. The van der Waals surface area contributed by atoms with Crippen LogP contribution in [0.2, 0.25) is 5.02 Å². The summed E-state index contributed by atoms with van der Waals surface area (Å²) in [6.07, 6.45) is -11.7. The minimum absolute atomic E-state index is 0.132. The van der Waals surface area contributed by atoms with E-state index in [4.69, 9.17) is 11.6 Å². The molecule has 0 amide bonds. The highest BCUT2D eigenvalue weighted by Gasteiger charge is 2.75. The van der Waals surface area contributed by atoms with Gasteiger partial charge in [-0.2, -0.15) is 26.3 Å². The van der Waals surface area contributed by atoms with Gasteiger partial charge in [0.25, 0.3) is 0 Å². The van der Waals surface area contributed by atoms with Crippen LogP contribution in [-0.2, 0) is 6.42 Å². The number of rotatable bonds is 3. The van der Waals surface area contributed by atoms with Gasteiger partial charge in [-0.1, -0.05) is 51.3 Å². The normalized spacial score (nSPS) is 22.1. The van der Waals surface area contributed by atoms with E-state index < -0.39 is 34.6 Å². The zero-order chi connectivity index (χ0) is 19.9. The summed E-state index contributed by atoms with van der Waals surface area (Å²) in [5.41, 5.74) is -6.48. The summed E-state index contributed by atoms with van der Waals surface area (Å²) >= 11 is 9.00. The molecule has 0 saturated heterocycles. The summed E-state index contributed by atoms with van der Waals surface area (Å²) in [5, 5.41) is 0.403. The average Bonchev–Trinajstić information content (AvgIpc) is 2.49. The van der Waals surface area contributed by atoms with Gasteiger partial charge in [0.05, 0.1) is 5.71 Å². The second-order valence-corrected chi connectivity index (χ2v) is 7.18. The third-order valence-corrected chi connectivity index (χ3v) is 5.29. The van der Waals surface area contributed by atoms with Gasteiger partial charge in [0.15, 0.2) is 0 Å². The van der Waals surface area contributed by atoms with Crippen LogP contribution in [0.5, 0.6) is 0 Å². The Morgan fingerprint density at radius 3 is 2.04 bits per heavy atom. The van der Waals surface area contributed by atoms with E-state index in [1.807, 2.05) is 0 Å². The molecule has 144 valence electrons. The van der Waals surface area contributed by atoms with Gasteiger partial charge in [-0.05, 0) is 31.1 Å². The molecule has 0 aliphatic carbocycles. The number of benzene rings is 1. The van der Waals surface area contributed by atoms with Crippen LogP contribution >= 0.6 is 27.5 Å². The van der Waals surface area contributed by atoms with Crippen molar-refractivity contribution in [2.75, 3.05) is 0 Å². The van der Waals surface area contributed by atoms with Crippen molar-refractivity contribution < 1.29 is 30.7 Å². The van der Waals surface area contributed by atoms with Crippen LogP contribution < -0.4 is 0 Å². The van der Waals surface area contributed by atoms with Crippen LogP contribution in [0.15, 0.2) is 40.9 Å². The molecule has 0 aromatic heterocycles. The smallest absolute Gasteiger partial charge is 0.270 e. The zero-order valence-electron chi connectivity index (χ0n) is 13.1. The second kappa shape index (κ2) is 7.14. The Morgan fingerprint density at radius 1 is 1.04 bits per heavy atom. The Kier molecular flexibility index (Phi) is 5.83. The largest absolute Gasteiger partial charge is 0.437 e. The molecule has 0 N–H and O–H groups in total. The third kappa shape index (κ3) is 3.78. The number of alkyl halides is 8. The molecular formula is C16H12BrClF7N. The maximum absolute atomic E-state index is 14.2. The third-order valence-electron chi connectivity index (χ3n) is 4.08. The van der Waals surface area contributed by atoms with Crippen molar-refractivity contribution in [3.63, 3.8) is 0 Å². The van der Waals surface area contributed by atoms with Crippen LogP contribution in [0.25, 0.3) is 0 Å². The molecule has 1 aromatic carbocycles. The molecule has 0 radical (unpaired) electrons. The number of aliphatic imine (C=N–C) groups is 1. The molecule has 0 fully saturated rings. The van der Waals surface area contributed by atoms with E-state index in [0.717, 1.165) is 0 Å². The van der Waals surface area contributed by atoms with Crippen LogP contribution in [0.1, 0.15) is 12.5 Å². The SMILES string of the molecule is CC1=CC(C(F)(C(F)(F)F)C(F)(F)F)=NC(Br)C1Cc1ccccc1Cl. The van der Waals surface area contributed by atoms with Crippen LogP contribution in [0.3, 0.4) is 0 Å². The lowest BCUT2D eigenvalue weighted by molar-refractivity contribution is -0.312. The minimum atomic E-state index is -6.19. The van der Waals surface area contributed by atoms with Gasteiger partial charge in [0.1, 0.15) is 4.95 Å². The lowest BCUT2D eigenvalue weighted by Crippen LogP contribution is -2.59. The zero-order valence-corrected chi connectivity index (χ0v) is 15.4. The van der Waals surface area contributed by atoms with Gasteiger partial charge in [-0.15, -0.1) is 0 Å². The summed E-state index contributed by atoms with van der Waals surface area (Å²) in [7, 11) is 0. The van der Waals surface area contributed by atoms with E-state index in [9.17, 15) is 30.7 Å². The van der Waals surface area contributed by atoms with Crippen molar-refractivity contribution in [1.29, 1.82) is 0 Å². The van der Waals surface area contributed by atoms with Gasteiger partial charge in [-0.25, -0.2) is 4.39 Å². The summed E-state index contributed by atoms with van der Waals surface area (Å²) in [6.45, 7) is 1.33. The van der Waals surface area contributed by atoms with E-state index in [-0.39, 0.29) is 12.0 Å². The average molecular weight is 467 g/mol. The summed E-state index contributed by atoms with van der Waals surface area (Å²) < 4.78 is 91.6. The van der Waals surface area contributed by atoms with E-state index in [2.05, 4.69) is 20.9 Å². The first-order valence-electron chi connectivity index (χ1n) is 7.25. The van der Waals surface area contributed by atoms with Crippen molar-refractivity contribution in [2.24, 2.45) is 10.9 Å². The highest BCUT2D eigenvalue weighted by Crippen LogP contribution is 2.49. The van der Waals surface area contributed by atoms with Crippen molar-refractivity contribution >= 4 is 33.2 Å². The Morgan fingerprint density at radius 2 is 1.58 bits per heavy atom. The number of allylic oxidation sites excluding steroid dienone is 1. The van der Waals surface area contributed by atoms with Gasteiger partial charge in [-0.3, -0.25) is 4.99 Å². The second-order valence-electron chi connectivity index (χ2n) is 5.83. The highest BCUT2D eigenvalue weighted by atomic mass is 79.9. The van der Waals surface area contributed by atoms with E-state index in [0.29, 0.717) is 16.7 Å². The molecule has 2 unspecified atom stereocenters. The maximum Gasteiger partial charge on any atom is 0.437 e. The molecule has 1 nitrogen and oxygen atoms in total. The molecule has 0 bridgehead atoms. The van der Waals surface area contributed by atoms with Gasteiger partial charge in [0.2, 0.25) is 0 Å². The van der Waals surface area contributed by atoms with E-state index in [1.54, 1.807) is 24.3 Å². The molecule has 1 aromatic rings. The first kappa shape index (κ1) is 21.2. The summed E-state index contributed by atoms with van der Waals surface area (Å²) in [4.78, 5) is 2.18. The standard InChI is InChI=1S/C16H12BrClF7N/c1-8-6-12(14(19,15(20,21)22)16(23,24)25)26-13(17)10(8)7-9-4-2-3-5-11(9)18/h2-6,10,13H,7H2,1H3. The molecule has 2 atom stereocenters. The number of nitrogens with zero attached hydrogens (tertiary/aromatic N) is 1. The molecule has 1 aliphatic rings. The fourth-order valence-corrected chi connectivity index (χ4v) is 3.64. The minimum Gasteiger partial charge on any atom is -0.270 e. The predicted octanol–water partition coefficient (Wildman–Crippen LogP) is 6.45. The Bertz CT molecular complexity index is 725. The Labute approximate surface area is 158 Å². The number of halogens is 9. The Balaban J connectivity index is 2.41. The number of dihydropyridines is 1. The molecule has 0 spiro atoms.